The Labute approximate surface area is 111 Å². The van der Waals surface area contributed by atoms with Crippen molar-refractivity contribution in [3.63, 3.8) is 0 Å². The van der Waals surface area contributed by atoms with Crippen molar-refractivity contribution in [3.8, 4) is 0 Å². The van der Waals surface area contributed by atoms with E-state index in [0.717, 1.165) is 12.1 Å². The lowest BCUT2D eigenvalue weighted by Crippen LogP contribution is -2.40. The summed E-state index contributed by atoms with van der Waals surface area (Å²) in [6.07, 6.45) is -0.453. The van der Waals surface area contributed by atoms with Crippen LogP contribution in [-0.2, 0) is 7.05 Å². The third-order valence-electron chi connectivity index (χ3n) is 3.93. The fourth-order valence-electron chi connectivity index (χ4n) is 2.89. The Morgan fingerprint density at radius 1 is 1.42 bits per heavy atom. The van der Waals surface area contributed by atoms with Crippen molar-refractivity contribution >= 4 is 0 Å². The molecular formula is C13H20F3N3. The zero-order valence-electron chi connectivity index (χ0n) is 11.2. The lowest BCUT2D eigenvalue weighted by Gasteiger charge is -2.32. The molecule has 0 amide bonds. The van der Waals surface area contributed by atoms with Crippen LogP contribution in [0.3, 0.4) is 0 Å². The third kappa shape index (κ3) is 3.49. The number of aryl methyl sites for hydroxylation is 1. The number of rotatable bonds is 3. The molecule has 1 aliphatic carbocycles. The van der Waals surface area contributed by atoms with Gasteiger partial charge in [0.05, 0.1) is 11.6 Å². The van der Waals surface area contributed by atoms with Crippen LogP contribution >= 0.6 is 0 Å². The van der Waals surface area contributed by atoms with Crippen LogP contribution in [0.4, 0.5) is 13.2 Å². The number of hydrogen-bond acceptors (Lipinski definition) is 2. The number of nitrogens with one attached hydrogen (secondary N) is 1. The molecule has 0 saturated heterocycles. The van der Waals surface area contributed by atoms with E-state index in [4.69, 9.17) is 0 Å². The van der Waals surface area contributed by atoms with Gasteiger partial charge in [0.2, 0.25) is 0 Å². The number of hydrogen-bond donors (Lipinski definition) is 1. The summed E-state index contributed by atoms with van der Waals surface area (Å²) in [7, 11) is 1.84. The van der Waals surface area contributed by atoms with Gasteiger partial charge in [-0.1, -0.05) is 6.42 Å². The molecule has 1 aliphatic rings. The molecule has 1 saturated carbocycles. The Balaban J connectivity index is 1.94. The summed E-state index contributed by atoms with van der Waals surface area (Å²) in [6, 6.07) is 1.84. The number of nitrogens with zero attached hydrogens (tertiary/aromatic N) is 2. The quantitative estimate of drug-likeness (QED) is 0.918. The molecule has 19 heavy (non-hydrogen) atoms. The minimum atomic E-state index is -4.06. The zero-order chi connectivity index (χ0) is 14.0. The summed E-state index contributed by atoms with van der Waals surface area (Å²) in [4.78, 5) is 0. The van der Waals surface area contributed by atoms with E-state index in [1.807, 2.05) is 20.0 Å². The molecule has 1 aromatic rings. The minimum absolute atomic E-state index is 0.0180. The molecule has 108 valence electrons. The van der Waals surface area contributed by atoms with Crippen LogP contribution in [-0.4, -0.2) is 22.0 Å². The maximum Gasteiger partial charge on any atom is 0.391 e. The van der Waals surface area contributed by atoms with E-state index in [-0.39, 0.29) is 24.9 Å². The van der Waals surface area contributed by atoms with Crippen LogP contribution in [0.25, 0.3) is 0 Å². The van der Waals surface area contributed by atoms with E-state index in [2.05, 4.69) is 10.4 Å². The molecule has 1 fully saturated rings. The fraction of sp³-hybridized carbons (Fsp3) is 0.769. The first kappa shape index (κ1) is 14.4. The van der Waals surface area contributed by atoms with Gasteiger partial charge < -0.3 is 5.32 Å². The summed E-state index contributed by atoms with van der Waals surface area (Å²) in [5.41, 5.74) is 0.995. The van der Waals surface area contributed by atoms with Crippen molar-refractivity contribution in [2.45, 2.75) is 50.9 Å². The van der Waals surface area contributed by atoms with Gasteiger partial charge in [-0.2, -0.15) is 18.3 Å². The average Bonchev–Trinajstić information content (AvgIpc) is 2.75. The Bertz CT molecular complexity index is 414. The van der Waals surface area contributed by atoms with Crippen LogP contribution in [0.5, 0.6) is 0 Å². The second-order valence-corrected chi connectivity index (χ2v) is 5.37. The molecule has 2 rings (SSSR count). The van der Waals surface area contributed by atoms with Crippen molar-refractivity contribution in [2.75, 3.05) is 0 Å². The highest BCUT2D eigenvalue weighted by Gasteiger charge is 2.42. The smallest absolute Gasteiger partial charge is 0.306 e. The highest BCUT2D eigenvalue weighted by Crippen LogP contribution is 2.38. The minimum Gasteiger partial charge on any atom is -0.306 e. The predicted octanol–water partition coefficient (Wildman–Crippen LogP) is 3.19. The van der Waals surface area contributed by atoms with Gasteiger partial charge in [-0.3, -0.25) is 4.68 Å². The van der Waals surface area contributed by atoms with Gasteiger partial charge >= 0.3 is 6.18 Å². The van der Waals surface area contributed by atoms with Crippen LogP contribution in [0.15, 0.2) is 12.3 Å². The molecular weight excluding hydrogens is 255 g/mol. The van der Waals surface area contributed by atoms with Crippen molar-refractivity contribution in [2.24, 2.45) is 13.0 Å². The highest BCUT2D eigenvalue weighted by atomic mass is 19.4. The Kier molecular flexibility index (Phi) is 4.18. The Hall–Kier alpha value is -1.04. The molecule has 1 N–H and O–H groups in total. The zero-order valence-corrected chi connectivity index (χ0v) is 11.2. The largest absolute Gasteiger partial charge is 0.391 e. The molecule has 0 bridgehead atoms. The molecule has 0 aromatic carbocycles. The van der Waals surface area contributed by atoms with Gasteiger partial charge in [0.25, 0.3) is 0 Å². The van der Waals surface area contributed by atoms with Gasteiger partial charge in [0.15, 0.2) is 0 Å². The molecule has 6 heteroatoms. The second-order valence-electron chi connectivity index (χ2n) is 5.37. The molecule has 3 nitrogen and oxygen atoms in total. The van der Waals surface area contributed by atoms with Crippen molar-refractivity contribution < 1.29 is 13.2 Å². The van der Waals surface area contributed by atoms with Crippen molar-refractivity contribution in [3.05, 3.63) is 18.0 Å². The van der Waals surface area contributed by atoms with Gasteiger partial charge in [-0.15, -0.1) is 0 Å². The van der Waals surface area contributed by atoms with Gasteiger partial charge in [-0.25, -0.2) is 0 Å². The summed E-state index contributed by atoms with van der Waals surface area (Å²) in [6.45, 7) is 1.97. The van der Waals surface area contributed by atoms with E-state index in [1.165, 1.54) is 0 Å². The van der Waals surface area contributed by atoms with Crippen LogP contribution in [0, 0.1) is 5.92 Å². The number of halogens is 3. The SMILES string of the molecule is CC(NC1CCCC(C(F)(F)F)C1)c1ccnn1C. The highest BCUT2D eigenvalue weighted by molar-refractivity contribution is 5.05. The molecule has 3 atom stereocenters. The second kappa shape index (κ2) is 5.53. The summed E-state index contributed by atoms with van der Waals surface area (Å²) in [5, 5.41) is 7.38. The van der Waals surface area contributed by atoms with Crippen molar-refractivity contribution in [1.82, 2.24) is 15.1 Å². The van der Waals surface area contributed by atoms with E-state index in [0.29, 0.717) is 6.42 Å². The van der Waals surface area contributed by atoms with Crippen LogP contribution < -0.4 is 5.32 Å². The van der Waals surface area contributed by atoms with Gasteiger partial charge in [-0.05, 0) is 32.3 Å². The van der Waals surface area contributed by atoms with Crippen LogP contribution in [0.2, 0.25) is 0 Å². The van der Waals surface area contributed by atoms with E-state index in [1.54, 1.807) is 10.9 Å². The Morgan fingerprint density at radius 2 is 2.16 bits per heavy atom. The van der Waals surface area contributed by atoms with E-state index >= 15 is 0 Å². The summed E-state index contributed by atoms with van der Waals surface area (Å²) < 4.78 is 40.0. The lowest BCUT2D eigenvalue weighted by molar-refractivity contribution is -0.183. The maximum absolute atomic E-state index is 12.7. The van der Waals surface area contributed by atoms with Gasteiger partial charge in [0, 0.05) is 25.3 Å². The first-order valence-corrected chi connectivity index (χ1v) is 6.68. The number of aromatic nitrogens is 2. The molecule has 1 heterocycles. The predicted molar refractivity (Wildman–Crippen MR) is 66.6 cm³/mol. The maximum atomic E-state index is 12.7. The Morgan fingerprint density at radius 3 is 2.74 bits per heavy atom. The summed E-state index contributed by atoms with van der Waals surface area (Å²) in [5.74, 6) is -1.16. The molecule has 0 aliphatic heterocycles. The third-order valence-corrected chi connectivity index (χ3v) is 3.93. The average molecular weight is 275 g/mol. The first-order chi connectivity index (χ1) is 8.88. The fourth-order valence-corrected chi connectivity index (χ4v) is 2.89. The monoisotopic (exact) mass is 275 g/mol. The standard InChI is InChI=1S/C13H20F3N3/c1-9(12-6-7-17-19(12)2)18-11-5-3-4-10(8-11)13(14,15)16/h6-7,9-11,18H,3-5,8H2,1-2H3. The normalized spacial score (nSPS) is 26.4. The molecule has 1 aromatic heterocycles. The van der Waals surface area contributed by atoms with Crippen molar-refractivity contribution in [1.29, 1.82) is 0 Å². The van der Waals surface area contributed by atoms with Crippen LogP contribution in [0.1, 0.15) is 44.3 Å². The lowest BCUT2D eigenvalue weighted by atomic mass is 9.85. The summed E-state index contributed by atoms with van der Waals surface area (Å²) >= 11 is 0. The molecule has 0 radical (unpaired) electrons. The van der Waals surface area contributed by atoms with Gasteiger partial charge in [0.1, 0.15) is 0 Å². The van der Waals surface area contributed by atoms with E-state index in [9.17, 15) is 13.2 Å². The topological polar surface area (TPSA) is 29.9 Å². The first-order valence-electron chi connectivity index (χ1n) is 6.68. The number of alkyl halides is 3. The van der Waals surface area contributed by atoms with E-state index < -0.39 is 12.1 Å². The molecule has 0 spiro atoms. The molecule has 3 unspecified atom stereocenters.